The van der Waals surface area contributed by atoms with Gasteiger partial charge in [0.1, 0.15) is 5.75 Å². The molecule has 0 N–H and O–H groups in total. The van der Waals surface area contributed by atoms with Crippen LogP contribution in [0.15, 0.2) is 48.5 Å². The Bertz CT molecular complexity index is 573. The van der Waals surface area contributed by atoms with E-state index >= 15 is 0 Å². The monoisotopic (exact) mass is 268 g/mol. The molecular formula is C18H20O2. The molecule has 0 aromatic heterocycles. The number of aryl methyl sites for hydroxylation is 2. The average molecular weight is 268 g/mol. The van der Waals surface area contributed by atoms with E-state index in [9.17, 15) is 4.79 Å². The largest absolute Gasteiger partial charge is 0.496 e. The Labute approximate surface area is 120 Å². The van der Waals surface area contributed by atoms with Gasteiger partial charge in [0.05, 0.1) is 12.7 Å². The fraction of sp³-hybridized carbons (Fsp3) is 0.278. The van der Waals surface area contributed by atoms with Gasteiger partial charge in [-0.2, -0.15) is 0 Å². The zero-order valence-electron chi connectivity index (χ0n) is 12.1. The minimum Gasteiger partial charge on any atom is -0.496 e. The minimum atomic E-state index is 0.154. The van der Waals surface area contributed by atoms with Crippen molar-refractivity contribution in [2.45, 2.75) is 26.2 Å². The van der Waals surface area contributed by atoms with Crippen LogP contribution in [-0.2, 0) is 6.42 Å². The first-order chi connectivity index (χ1) is 9.70. The molecule has 0 fully saturated rings. The Balaban J connectivity index is 1.97. The lowest BCUT2D eigenvalue weighted by Crippen LogP contribution is -2.03. The highest BCUT2D eigenvalue weighted by molar-refractivity contribution is 5.98. The number of ether oxygens (including phenoxy) is 1. The molecule has 2 aromatic rings. The first kappa shape index (κ1) is 14.3. The molecule has 0 unspecified atom stereocenters. The Morgan fingerprint density at radius 3 is 2.55 bits per heavy atom. The van der Waals surface area contributed by atoms with Gasteiger partial charge in [0.25, 0.3) is 0 Å². The molecule has 0 spiro atoms. The maximum atomic E-state index is 12.3. The lowest BCUT2D eigenvalue weighted by molar-refractivity contribution is 0.0977. The van der Waals surface area contributed by atoms with Crippen LogP contribution in [0, 0.1) is 6.92 Å². The van der Waals surface area contributed by atoms with E-state index in [1.54, 1.807) is 7.11 Å². The van der Waals surface area contributed by atoms with E-state index < -0.39 is 0 Å². The third kappa shape index (κ3) is 3.70. The van der Waals surface area contributed by atoms with E-state index in [-0.39, 0.29) is 5.78 Å². The molecule has 20 heavy (non-hydrogen) atoms. The van der Waals surface area contributed by atoms with Crippen molar-refractivity contribution in [3.63, 3.8) is 0 Å². The van der Waals surface area contributed by atoms with Gasteiger partial charge in [0.15, 0.2) is 5.78 Å². The molecule has 0 saturated carbocycles. The highest BCUT2D eigenvalue weighted by Gasteiger charge is 2.12. The first-order valence-electron chi connectivity index (χ1n) is 6.92. The molecular weight excluding hydrogens is 248 g/mol. The van der Waals surface area contributed by atoms with Gasteiger partial charge >= 0.3 is 0 Å². The molecule has 2 aromatic carbocycles. The van der Waals surface area contributed by atoms with Crippen LogP contribution >= 0.6 is 0 Å². The van der Waals surface area contributed by atoms with Crippen molar-refractivity contribution in [2.24, 2.45) is 0 Å². The van der Waals surface area contributed by atoms with Crippen molar-refractivity contribution in [2.75, 3.05) is 7.11 Å². The molecule has 104 valence electrons. The second kappa shape index (κ2) is 6.90. The highest BCUT2D eigenvalue weighted by Crippen LogP contribution is 2.22. The van der Waals surface area contributed by atoms with Crippen molar-refractivity contribution < 1.29 is 9.53 Å². The number of Topliss-reactive ketones (excluding diaryl/α,β-unsaturated/α-hetero) is 1. The lowest BCUT2D eigenvalue weighted by atomic mass is 10.0. The number of hydrogen-bond donors (Lipinski definition) is 0. The van der Waals surface area contributed by atoms with Crippen molar-refractivity contribution in [1.82, 2.24) is 0 Å². The van der Waals surface area contributed by atoms with E-state index in [1.807, 2.05) is 43.3 Å². The van der Waals surface area contributed by atoms with Crippen molar-refractivity contribution in [1.29, 1.82) is 0 Å². The molecule has 2 heteroatoms. The van der Waals surface area contributed by atoms with Crippen LogP contribution < -0.4 is 4.74 Å². The third-order valence-corrected chi connectivity index (χ3v) is 3.37. The van der Waals surface area contributed by atoms with Gasteiger partial charge in [-0.3, -0.25) is 4.79 Å². The van der Waals surface area contributed by atoms with Crippen LogP contribution in [0.25, 0.3) is 0 Å². The number of rotatable bonds is 6. The summed E-state index contributed by atoms with van der Waals surface area (Å²) in [6.45, 7) is 1.99. The van der Waals surface area contributed by atoms with Gasteiger partial charge in [-0.15, -0.1) is 0 Å². The zero-order valence-corrected chi connectivity index (χ0v) is 12.1. The summed E-state index contributed by atoms with van der Waals surface area (Å²) in [5.74, 6) is 0.821. The van der Waals surface area contributed by atoms with E-state index in [1.165, 1.54) is 5.56 Å². The number of carbonyl (C=O) groups excluding carboxylic acids is 1. The Hall–Kier alpha value is -2.09. The average Bonchev–Trinajstić information content (AvgIpc) is 2.48. The Kier molecular flexibility index (Phi) is 4.94. The van der Waals surface area contributed by atoms with Gasteiger partial charge in [-0.25, -0.2) is 0 Å². The highest BCUT2D eigenvalue weighted by atomic mass is 16.5. The van der Waals surface area contributed by atoms with E-state index in [4.69, 9.17) is 4.74 Å². The maximum absolute atomic E-state index is 12.3. The lowest BCUT2D eigenvalue weighted by Gasteiger charge is -2.08. The van der Waals surface area contributed by atoms with Gasteiger partial charge in [0.2, 0.25) is 0 Å². The van der Waals surface area contributed by atoms with Gasteiger partial charge < -0.3 is 4.74 Å². The fourth-order valence-electron chi connectivity index (χ4n) is 2.27. The fourth-order valence-corrected chi connectivity index (χ4v) is 2.27. The molecule has 0 radical (unpaired) electrons. The molecule has 0 atom stereocenters. The van der Waals surface area contributed by atoms with Crippen LogP contribution in [-0.4, -0.2) is 12.9 Å². The summed E-state index contributed by atoms with van der Waals surface area (Å²) in [5.41, 5.74) is 3.05. The molecule has 0 aliphatic carbocycles. The van der Waals surface area contributed by atoms with Crippen LogP contribution in [0.2, 0.25) is 0 Å². The smallest absolute Gasteiger partial charge is 0.166 e. The van der Waals surface area contributed by atoms with E-state index in [0.717, 1.165) is 18.4 Å². The summed E-state index contributed by atoms with van der Waals surface area (Å²) >= 11 is 0. The summed E-state index contributed by atoms with van der Waals surface area (Å²) in [6.07, 6.45) is 2.34. The second-order valence-electron chi connectivity index (χ2n) is 4.97. The quantitative estimate of drug-likeness (QED) is 0.734. The van der Waals surface area contributed by atoms with Gasteiger partial charge in [-0.05, 0) is 37.5 Å². The number of benzene rings is 2. The Morgan fingerprint density at radius 2 is 1.85 bits per heavy atom. The molecule has 0 amide bonds. The molecule has 2 nitrogen and oxygen atoms in total. The molecule has 0 saturated heterocycles. The number of hydrogen-bond acceptors (Lipinski definition) is 2. The minimum absolute atomic E-state index is 0.154. The van der Waals surface area contributed by atoms with Crippen molar-refractivity contribution >= 4 is 5.78 Å². The topological polar surface area (TPSA) is 26.3 Å². The van der Waals surface area contributed by atoms with Crippen LogP contribution in [0.1, 0.15) is 34.3 Å². The number of methoxy groups -OCH3 is 1. The van der Waals surface area contributed by atoms with Crippen LogP contribution in [0.3, 0.4) is 0 Å². The SMILES string of the molecule is COc1ccc(C)cc1C(=O)CCCc1ccccc1. The van der Waals surface area contributed by atoms with Crippen molar-refractivity contribution in [3.05, 3.63) is 65.2 Å². The first-order valence-corrected chi connectivity index (χ1v) is 6.92. The second-order valence-corrected chi connectivity index (χ2v) is 4.97. The summed E-state index contributed by atoms with van der Waals surface area (Å²) in [5, 5.41) is 0. The van der Waals surface area contributed by atoms with Crippen molar-refractivity contribution in [3.8, 4) is 5.75 Å². The van der Waals surface area contributed by atoms with Crippen LogP contribution in [0.5, 0.6) is 5.75 Å². The Morgan fingerprint density at radius 1 is 1.10 bits per heavy atom. The molecule has 0 heterocycles. The van der Waals surface area contributed by atoms with E-state index in [2.05, 4.69) is 12.1 Å². The van der Waals surface area contributed by atoms with Crippen LogP contribution in [0.4, 0.5) is 0 Å². The van der Waals surface area contributed by atoms with E-state index in [0.29, 0.717) is 17.7 Å². The predicted molar refractivity (Wildman–Crippen MR) is 81.4 cm³/mol. The summed E-state index contributed by atoms with van der Waals surface area (Å²) in [6, 6.07) is 16.0. The zero-order chi connectivity index (χ0) is 14.4. The predicted octanol–water partition coefficient (Wildman–Crippen LogP) is 4.21. The standard InChI is InChI=1S/C18H20O2/c1-14-11-12-18(20-2)16(13-14)17(19)10-6-9-15-7-4-3-5-8-15/h3-5,7-8,11-13H,6,9-10H2,1-2H3. The number of ketones is 1. The molecule has 0 aliphatic heterocycles. The molecule has 0 bridgehead atoms. The number of carbonyl (C=O) groups is 1. The summed E-state index contributed by atoms with van der Waals surface area (Å²) in [4.78, 5) is 12.3. The summed E-state index contributed by atoms with van der Waals surface area (Å²) in [7, 11) is 1.60. The molecule has 0 aliphatic rings. The molecule has 2 rings (SSSR count). The van der Waals surface area contributed by atoms with Gasteiger partial charge in [0, 0.05) is 6.42 Å². The summed E-state index contributed by atoms with van der Waals surface area (Å²) < 4.78 is 5.27. The maximum Gasteiger partial charge on any atom is 0.166 e. The van der Waals surface area contributed by atoms with Gasteiger partial charge in [-0.1, -0.05) is 42.0 Å². The normalized spacial score (nSPS) is 10.3. The third-order valence-electron chi connectivity index (χ3n) is 3.37.